The van der Waals surface area contributed by atoms with E-state index in [1.807, 2.05) is 24.3 Å². The molecule has 19 heavy (non-hydrogen) atoms. The van der Waals surface area contributed by atoms with Gasteiger partial charge in [0.15, 0.2) is 0 Å². The van der Waals surface area contributed by atoms with Crippen LogP contribution in [0.4, 0.5) is 0 Å². The molecule has 0 spiro atoms. The van der Waals surface area contributed by atoms with Gasteiger partial charge in [-0.05, 0) is 17.7 Å². The molecule has 0 saturated heterocycles. The van der Waals surface area contributed by atoms with E-state index in [0.717, 1.165) is 11.1 Å². The highest BCUT2D eigenvalue weighted by atomic mass is 32.1. The number of benzene rings is 1. The molecule has 5 nitrogen and oxygen atoms in total. The van der Waals surface area contributed by atoms with Gasteiger partial charge in [-0.1, -0.05) is 30.4 Å². The molecule has 0 bridgehead atoms. The molecule has 2 rings (SSSR count). The SMILES string of the molecule is Cn1ccc(C(=O)NCc2cccc(C(N)=S)c2)n1. The topological polar surface area (TPSA) is 72.9 Å². The molecule has 0 aliphatic carbocycles. The quantitative estimate of drug-likeness (QED) is 0.815. The summed E-state index contributed by atoms with van der Waals surface area (Å²) in [7, 11) is 1.77. The fourth-order valence-electron chi connectivity index (χ4n) is 1.64. The first-order chi connectivity index (χ1) is 9.06. The number of thiocarbonyl (C=S) groups is 1. The maximum Gasteiger partial charge on any atom is 0.272 e. The first-order valence-corrected chi connectivity index (χ1v) is 6.13. The lowest BCUT2D eigenvalue weighted by molar-refractivity contribution is 0.0945. The molecule has 1 amide bonds. The lowest BCUT2D eigenvalue weighted by Crippen LogP contribution is -2.23. The van der Waals surface area contributed by atoms with Crippen molar-refractivity contribution in [2.75, 3.05) is 0 Å². The average molecular weight is 274 g/mol. The van der Waals surface area contributed by atoms with Crippen molar-refractivity contribution in [1.82, 2.24) is 15.1 Å². The second-order valence-corrected chi connectivity index (χ2v) is 4.56. The smallest absolute Gasteiger partial charge is 0.272 e. The number of carbonyl (C=O) groups is 1. The van der Waals surface area contributed by atoms with Gasteiger partial charge in [0, 0.05) is 25.4 Å². The van der Waals surface area contributed by atoms with Gasteiger partial charge >= 0.3 is 0 Å². The van der Waals surface area contributed by atoms with Gasteiger partial charge in [-0.25, -0.2) is 0 Å². The molecule has 0 saturated carbocycles. The third kappa shape index (κ3) is 3.38. The van der Waals surface area contributed by atoms with E-state index < -0.39 is 0 Å². The normalized spacial score (nSPS) is 10.2. The Morgan fingerprint density at radius 2 is 2.26 bits per heavy atom. The molecule has 0 atom stereocenters. The van der Waals surface area contributed by atoms with Crippen LogP contribution in [0.25, 0.3) is 0 Å². The van der Waals surface area contributed by atoms with Crippen LogP contribution in [0.3, 0.4) is 0 Å². The van der Waals surface area contributed by atoms with Gasteiger partial charge in [0.25, 0.3) is 5.91 Å². The van der Waals surface area contributed by atoms with Gasteiger partial charge < -0.3 is 11.1 Å². The van der Waals surface area contributed by atoms with Crippen LogP contribution in [-0.2, 0) is 13.6 Å². The molecular formula is C13H14N4OS. The lowest BCUT2D eigenvalue weighted by atomic mass is 10.1. The first kappa shape index (κ1) is 13.2. The number of aryl methyl sites for hydroxylation is 1. The molecule has 1 aromatic heterocycles. The fraction of sp³-hybridized carbons (Fsp3) is 0.154. The van der Waals surface area contributed by atoms with E-state index in [0.29, 0.717) is 17.2 Å². The van der Waals surface area contributed by atoms with E-state index in [4.69, 9.17) is 18.0 Å². The van der Waals surface area contributed by atoms with Gasteiger partial charge in [-0.2, -0.15) is 5.10 Å². The van der Waals surface area contributed by atoms with E-state index in [1.165, 1.54) is 0 Å². The highest BCUT2D eigenvalue weighted by Gasteiger charge is 2.08. The van der Waals surface area contributed by atoms with Crippen LogP contribution in [0.2, 0.25) is 0 Å². The van der Waals surface area contributed by atoms with Gasteiger partial charge in [-0.15, -0.1) is 0 Å². The van der Waals surface area contributed by atoms with Crippen molar-refractivity contribution in [3.63, 3.8) is 0 Å². The Kier molecular flexibility index (Phi) is 3.91. The van der Waals surface area contributed by atoms with Gasteiger partial charge in [0.05, 0.1) is 0 Å². The third-order valence-electron chi connectivity index (χ3n) is 2.61. The van der Waals surface area contributed by atoms with Gasteiger partial charge in [0.1, 0.15) is 10.7 Å². The maximum absolute atomic E-state index is 11.8. The van der Waals surface area contributed by atoms with Crippen molar-refractivity contribution >= 4 is 23.1 Å². The van der Waals surface area contributed by atoms with E-state index in [-0.39, 0.29) is 5.91 Å². The summed E-state index contributed by atoms with van der Waals surface area (Å²) in [6.45, 7) is 0.409. The summed E-state index contributed by atoms with van der Waals surface area (Å²) in [6.07, 6.45) is 1.72. The van der Waals surface area contributed by atoms with Crippen LogP contribution in [0.1, 0.15) is 21.6 Å². The first-order valence-electron chi connectivity index (χ1n) is 5.73. The maximum atomic E-state index is 11.8. The predicted octanol–water partition coefficient (Wildman–Crippen LogP) is 0.984. The number of nitrogens with one attached hydrogen (secondary N) is 1. The van der Waals surface area contributed by atoms with Gasteiger partial charge in [0.2, 0.25) is 0 Å². The molecule has 0 aliphatic rings. The molecule has 0 radical (unpaired) electrons. The number of nitrogens with zero attached hydrogens (tertiary/aromatic N) is 2. The molecule has 1 aromatic carbocycles. The summed E-state index contributed by atoms with van der Waals surface area (Å²) in [4.78, 5) is 12.2. The molecule has 1 heterocycles. The largest absolute Gasteiger partial charge is 0.389 e. The molecule has 3 N–H and O–H groups in total. The second kappa shape index (κ2) is 5.62. The van der Waals surface area contributed by atoms with Crippen LogP contribution in [0.5, 0.6) is 0 Å². The van der Waals surface area contributed by atoms with Crippen molar-refractivity contribution in [3.05, 3.63) is 53.3 Å². The van der Waals surface area contributed by atoms with Crippen molar-refractivity contribution in [2.45, 2.75) is 6.54 Å². The summed E-state index contributed by atoms with van der Waals surface area (Å²) in [5.41, 5.74) is 7.69. The zero-order valence-electron chi connectivity index (χ0n) is 10.5. The van der Waals surface area contributed by atoms with Crippen LogP contribution in [-0.4, -0.2) is 20.7 Å². The molecule has 0 aliphatic heterocycles. The minimum atomic E-state index is -0.207. The van der Waals surface area contributed by atoms with E-state index in [1.54, 1.807) is 24.0 Å². The third-order valence-corrected chi connectivity index (χ3v) is 2.85. The average Bonchev–Trinajstić information content (AvgIpc) is 2.83. The Bertz CT molecular complexity index is 621. The predicted molar refractivity (Wildman–Crippen MR) is 76.7 cm³/mol. The Morgan fingerprint density at radius 1 is 1.47 bits per heavy atom. The molecule has 6 heteroatoms. The van der Waals surface area contributed by atoms with Crippen LogP contribution in [0.15, 0.2) is 36.5 Å². The number of nitrogens with two attached hydrogens (primary N) is 1. The molecule has 0 unspecified atom stereocenters. The summed E-state index contributed by atoms with van der Waals surface area (Å²) in [5, 5.41) is 6.83. The minimum absolute atomic E-state index is 0.207. The van der Waals surface area contributed by atoms with E-state index >= 15 is 0 Å². The molecular weight excluding hydrogens is 260 g/mol. The Labute approximate surface area is 116 Å². The number of rotatable bonds is 4. The summed E-state index contributed by atoms with van der Waals surface area (Å²) >= 11 is 4.91. The number of hydrogen-bond acceptors (Lipinski definition) is 3. The highest BCUT2D eigenvalue weighted by molar-refractivity contribution is 7.80. The standard InChI is InChI=1S/C13H14N4OS/c1-17-6-5-11(16-17)13(18)15-8-9-3-2-4-10(7-9)12(14)19/h2-7H,8H2,1H3,(H2,14,19)(H,15,18). The zero-order chi connectivity index (χ0) is 13.8. The Balaban J connectivity index is 2.01. The highest BCUT2D eigenvalue weighted by Crippen LogP contribution is 2.05. The zero-order valence-corrected chi connectivity index (χ0v) is 11.3. The summed E-state index contributed by atoms with van der Waals surface area (Å²) in [6, 6.07) is 9.13. The summed E-state index contributed by atoms with van der Waals surface area (Å²) in [5.74, 6) is -0.207. The number of carbonyl (C=O) groups excluding carboxylic acids is 1. The fourth-order valence-corrected chi connectivity index (χ4v) is 1.77. The van der Waals surface area contributed by atoms with E-state index in [2.05, 4.69) is 10.4 Å². The van der Waals surface area contributed by atoms with Gasteiger partial charge in [-0.3, -0.25) is 9.48 Å². The Morgan fingerprint density at radius 3 is 2.89 bits per heavy atom. The molecule has 2 aromatic rings. The molecule has 0 fully saturated rings. The molecule has 98 valence electrons. The Hall–Kier alpha value is -2.21. The minimum Gasteiger partial charge on any atom is -0.389 e. The number of aromatic nitrogens is 2. The van der Waals surface area contributed by atoms with Crippen molar-refractivity contribution in [2.24, 2.45) is 12.8 Å². The second-order valence-electron chi connectivity index (χ2n) is 4.12. The number of hydrogen-bond donors (Lipinski definition) is 2. The van der Waals surface area contributed by atoms with Crippen molar-refractivity contribution < 1.29 is 4.79 Å². The lowest BCUT2D eigenvalue weighted by Gasteiger charge is -2.05. The number of amides is 1. The van der Waals surface area contributed by atoms with Crippen molar-refractivity contribution in [1.29, 1.82) is 0 Å². The van der Waals surface area contributed by atoms with Crippen LogP contribution >= 0.6 is 12.2 Å². The van der Waals surface area contributed by atoms with E-state index in [9.17, 15) is 4.79 Å². The van der Waals surface area contributed by atoms with Crippen LogP contribution < -0.4 is 11.1 Å². The van der Waals surface area contributed by atoms with Crippen LogP contribution in [0, 0.1) is 0 Å². The summed E-state index contributed by atoms with van der Waals surface area (Å²) < 4.78 is 1.59. The monoisotopic (exact) mass is 274 g/mol. The van der Waals surface area contributed by atoms with Crippen molar-refractivity contribution in [3.8, 4) is 0 Å².